The zero-order chi connectivity index (χ0) is 17.9. The van der Waals surface area contributed by atoms with Crippen molar-refractivity contribution in [1.29, 1.82) is 0 Å². The third-order valence-corrected chi connectivity index (χ3v) is 5.59. The zero-order valence-electron chi connectivity index (χ0n) is 14.6. The van der Waals surface area contributed by atoms with Gasteiger partial charge in [0.1, 0.15) is 6.33 Å². The second-order valence-electron chi connectivity index (χ2n) is 6.02. The highest BCUT2D eigenvalue weighted by Gasteiger charge is 2.21. The van der Waals surface area contributed by atoms with Crippen LogP contribution in [0.3, 0.4) is 0 Å². The van der Waals surface area contributed by atoms with Gasteiger partial charge >= 0.3 is 0 Å². The molecule has 0 radical (unpaired) electrons. The Kier molecular flexibility index (Phi) is 5.28. The van der Waals surface area contributed by atoms with Crippen LogP contribution in [0.5, 0.6) is 0 Å². The van der Waals surface area contributed by atoms with Crippen molar-refractivity contribution in [3.63, 3.8) is 0 Å². The number of rotatable bonds is 5. The van der Waals surface area contributed by atoms with E-state index in [0.29, 0.717) is 18.2 Å². The van der Waals surface area contributed by atoms with Crippen molar-refractivity contribution < 1.29 is 4.74 Å². The summed E-state index contributed by atoms with van der Waals surface area (Å²) < 4.78 is 7.43. The number of halogens is 1. The van der Waals surface area contributed by atoms with Crippen molar-refractivity contribution in [3.8, 4) is 5.69 Å². The third kappa shape index (κ3) is 3.39. The number of hydrogen-bond donors (Lipinski definition) is 0. The molecule has 1 saturated heterocycles. The molecular weight excluding hydrogens is 370 g/mol. The summed E-state index contributed by atoms with van der Waals surface area (Å²) in [6.45, 7) is 5.18. The van der Waals surface area contributed by atoms with Gasteiger partial charge in [-0.3, -0.25) is 4.57 Å². The maximum atomic E-state index is 6.40. The van der Waals surface area contributed by atoms with E-state index in [4.69, 9.17) is 26.3 Å². The van der Waals surface area contributed by atoms with E-state index >= 15 is 0 Å². The van der Waals surface area contributed by atoms with Crippen LogP contribution in [0.2, 0.25) is 5.02 Å². The van der Waals surface area contributed by atoms with E-state index in [1.807, 2.05) is 28.8 Å². The Bertz CT molecular complexity index is 910. The predicted octanol–water partition coefficient (Wildman–Crippen LogP) is 3.81. The molecule has 1 fully saturated rings. The summed E-state index contributed by atoms with van der Waals surface area (Å²) in [6, 6.07) is 7.73. The number of aromatic nitrogens is 4. The number of morpholine rings is 1. The molecule has 0 spiro atoms. The van der Waals surface area contributed by atoms with Crippen LogP contribution in [0.15, 0.2) is 35.7 Å². The molecule has 136 valence electrons. The fraction of sp³-hybridized carbons (Fsp3) is 0.389. The van der Waals surface area contributed by atoms with Gasteiger partial charge in [0, 0.05) is 18.8 Å². The Morgan fingerprint density at radius 2 is 2.00 bits per heavy atom. The van der Waals surface area contributed by atoms with Gasteiger partial charge in [-0.15, -0.1) is 0 Å². The molecule has 4 rings (SSSR count). The molecule has 0 N–H and O–H groups in total. The van der Waals surface area contributed by atoms with Gasteiger partial charge in [-0.25, -0.2) is 15.0 Å². The molecule has 0 amide bonds. The fourth-order valence-corrected chi connectivity index (χ4v) is 3.86. The average Bonchev–Trinajstić information content (AvgIpc) is 3.10. The van der Waals surface area contributed by atoms with Crippen LogP contribution in [0.1, 0.15) is 13.3 Å². The van der Waals surface area contributed by atoms with Crippen molar-refractivity contribution in [2.24, 2.45) is 0 Å². The lowest BCUT2D eigenvalue weighted by molar-refractivity contribution is 0.122. The zero-order valence-corrected chi connectivity index (χ0v) is 16.1. The van der Waals surface area contributed by atoms with Crippen LogP contribution >= 0.6 is 23.4 Å². The molecule has 3 heterocycles. The molecule has 0 saturated carbocycles. The Labute approximate surface area is 161 Å². The van der Waals surface area contributed by atoms with Crippen molar-refractivity contribution in [2.45, 2.75) is 18.5 Å². The molecule has 26 heavy (non-hydrogen) atoms. The normalized spacial score (nSPS) is 14.9. The molecular formula is C18H20ClN5OS. The number of anilines is 1. The largest absolute Gasteiger partial charge is 0.378 e. The highest BCUT2D eigenvalue weighted by molar-refractivity contribution is 7.99. The topological polar surface area (TPSA) is 56.1 Å². The molecule has 1 aromatic carbocycles. The first-order chi connectivity index (χ1) is 12.8. The van der Waals surface area contributed by atoms with Crippen LogP contribution in [-0.4, -0.2) is 51.6 Å². The number of hydrogen-bond acceptors (Lipinski definition) is 6. The second kappa shape index (κ2) is 7.82. The van der Waals surface area contributed by atoms with Crippen molar-refractivity contribution in [1.82, 2.24) is 19.5 Å². The quantitative estimate of drug-likeness (QED) is 0.488. The van der Waals surface area contributed by atoms with E-state index in [0.717, 1.165) is 53.1 Å². The molecule has 3 aromatic rings. The van der Waals surface area contributed by atoms with Crippen molar-refractivity contribution >= 4 is 40.3 Å². The van der Waals surface area contributed by atoms with Gasteiger partial charge in [0.05, 0.1) is 23.9 Å². The maximum Gasteiger partial charge on any atom is 0.191 e. The van der Waals surface area contributed by atoms with Gasteiger partial charge in [-0.2, -0.15) is 0 Å². The first-order valence-corrected chi connectivity index (χ1v) is 10.1. The van der Waals surface area contributed by atoms with Crippen LogP contribution in [0, 0.1) is 0 Å². The molecule has 0 unspecified atom stereocenters. The average molecular weight is 390 g/mol. The monoisotopic (exact) mass is 389 g/mol. The molecule has 1 aliphatic heterocycles. The number of fused-ring (bicyclic) bond motifs is 1. The number of thioether (sulfide) groups is 1. The van der Waals surface area contributed by atoms with Crippen molar-refractivity contribution in [2.75, 3.05) is 37.0 Å². The van der Waals surface area contributed by atoms with Gasteiger partial charge in [0.25, 0.3) is 0 Å². The van der Waals surface area contributed by atoms with E-state index in [9.17, 15) is 0 Å². The number of nitrogens with zero attached hydrogens (tertiary/aromatic N) is 5. The lowest BCUT2D eigenvalue weighted by Gasteiger charge is -2.28. The first-order valence-electron chi connectivity index (χ1n) is 8.73. The summed E-state index contributed by atoms with van der Waals surface area (Å²) in [4.78, 5) is 16.4. The van der Waals surface area contributed by atoms with E-state index in [-0.39, 0.29) is 0 Å². The van der Waals surface area contributed by atoms with E-state index in [2.05, 4.69) is 16.8 Å². The highest BCUT2D eigenvalue weighted by Crippen LogP contribution is 2.30. The van der Waals surface area contributed by atoms with E-state index in [1.165, 1.54) is 0 Å². The summed E-state index contributed by atoms with van der Waals surface area (Å²) >= 11 is 8.07. The Hall–Kier alpha value is -1.83. The predicted molar refractivity (Wildman–Crippen MR) is 106 cm³/mol. The van der Waals surface area contributed by atoms with Gasteiger partial charge in [-0.05, 0) is 18.6 Å². The second-order valence-corrected chi connectivity index (χ2v) is 7.49. The molecule has 1 aliphatic rings. The number of benzene rings is 1. The minimum absolute atomic E-state index is 0.668. The van der Waals surface area contributed by atoms with Crippen LogP contribution in [0.4, 0.5) is 5.82 Å². The summed E-state index contributed by atoms with van der Waals surface area (Å²) in [5.74, 6) is 1.86. The van der Waals surface area contributed by atoms with Crippen LogP contribution in [0.25, 0.3) is 16.9 Å². The van der Waals surface area contributed by atoms with Gasteiger partial charge in [0.15, 0.2) is 22.1 Å². The molecule has 2 aromatic heterocycles. The Morgan fingerprint density at radius 3 is 2.77 bits per heavy atom. The summed E-state index contributed by atoms with van der Waals surface area (Å²) in [7, 11) is 0. The Balaban J connectivity index is 1.86. The molecule has 0 atom stereocenters. The van der Waals surface area contributed by atoms with Gasteiger partial charge in [0.2, 0.25) is 0 Å². The molecule has 0 bridgehead atoms. The fourth-order valence-electron chi connectivity index (χ4n) is 2.94. The van der Waals surface area contributed by atoms with E-state index in [1.54, 1.807) is 18.1 Å². The number of imidazole rings is 1. The number of ether oxygens (including phenoxy) is 1. The van der Waals surface area contributed by atoms with Gasteiger partial charge in [-0.1, -0.05) is 42.4 Å². The standard InChI is InChI=1S/C18H20ClN5OS/c1-2-11-26-18-21-16(23-7-9-25-10-8-23)15-17(22-18)24(12-20-15)14-6-4-3-5-13(14)19/h3-6,12H,2,7-11H2,1H3. The minimum atomic E-state index is 0.668. The smallest absolute Gasteiger partial charge is 0.191 e. The van der Waals surface area contributed by atoms with Crippen molar-refractivity contribution in [3.05, 3.63) is 35.6 Å². The number of para-hydroxylation sites is 1. The first kappa shape index (κ1) is 17.6. The minimum Gasteiger partial charge on any atom is -0.378 e. The summed E-state index contributed by atoms with van der Waals surface area (Å²) in [6.07, 6.45) is 2.85. The SMILES string of the molecule is CCCSc1nc(N2CCOCC2)c2ncn(-c3ccccc3Cl)c2n1. The van der Waals surface area contributed by atoms with Crippen LogP contribution < -0.4 is 4.90 Å². The summed E-state index contributed by atoms with van der Waals surface area (Å²) in [5.41, 5.74) is 2.45. The van der Waals surface area contributed by atoms with Crippen LogP contribution in [-0.2, 0) is 4.74 Å². The molecule has 6 nitrogen and oxygen atoms in total. The Morgan fingerprint density at radius 1 is 1.19 bits per heavy atom. The molecule has 0 aliphatic carbocycles. The maximum absolute atomic E-state index is 6.40. The summed E-state index contributed by atoms with van der Waals surface area (Å²) in [5, 5.41) is 1.44. The van der Waals surface area contributed by atoms with E-state index < -0.39 is 0 Å². The molecule has 8 heteroatoms. The lowest BCUT2D eigenvalue weighted by atomic mass is 10.3. The highest BCUT2D eigenvalue weighted by atomic mass is 35.5. The lowest BCUT2D eigenvalue weighted by Crippen LogP contribution is -2.37. The third-order valence-electron chi connectivity index (χ3n) is 4.22. The van der Waals surface area contributed by atoms with Gasteiger partial charge < -0.3 is 9.64 Å².